The van der Waals surface area contributed by atoms with Crippen LogP contribution in [0.4, 0.5) is 0 Å². The first kappa shape index (κ1) is 16.0. The number of pyridine rings is 1. The Morgan fingerprint density at radius 2 is 2.42 bits per heavy atom. The van der Waals surface area contributed by atoms with Crippen LogP contribution in [-0.4, -0.2) is 29.8 Å². The van der Waals surface area contributed by atoms with E-state index < -0.39 is 0 Å². The number of nitrogens with one attached hydrogen (secondary N) is 1. The maximum Gasteiger partial charge on any atom is 0.272 e. The number of carbonyl (C=O) groups excluding carboxylic acids is 1. The molecule has 6 nitrogen and oxygen atoms in total. The molecule has 0 unspecified atom stereocenters. The van der Waals surface area contributed by atoms with E-state index in [2.05, 4.69) is 15.5 Å². The maximum absolute atomic E-state index is 12.0. The Labute approximate surface area is 140 Å². The molecule has 1 atom stereocenters. The fraction of sp³-hybridized carbons (Fsp3) is 0.278. The molecule has 1 aliphatic rings. The summed E-state index contributed by atoms with van der Waals surface area (Å²) in [6.07, 6.45) is 5.68. The molecule has 124 valence electrons. The van der Waals surface area contributed by atoms with E-state index in [-0.39, 0.29) is 12.0 Å². The zero-order valence-corrected chi connectivity index (χ0v) is 13.7. The van der Waals surface area contributed by atoms with Crippen LogP contribution in [0.3, 0.4) is 0 Å². The highest BCUT2D eigenvalue weighted by atomic mass is 16.5. The minimum atomic E-state index is -0.316. The van der Waals surface area contributed by atoms with Crippen LogP contribution in [0.5, 0.6) is 11.5 Å². The fourth-order valence-electron chi connectivity index (χ4n) is 2.56. The second-order valence-electron chi connectivity index (χ2n) is 5.50. The molecule has 0 aliphatic carbocycles. The molecule has 3 rings (SSSR count). The summed E-state index contributed by atoms with van der Waals surface area (Å²) in [4.78, 5) is 15.9. The van der Waals surface area contributed by atoms with E-state index >= 15 is 0 Å². The summed E-state index contributed by atoms with van der Waals surface area (Å²) < 4.78 is 11.4. The van der Waals surface area contributed by atoms with Crippen LogP contribution in [0, 0.1) is 0 Å². The van der Waals surface area contributed by atoms with Crippen molar-refractivity contribution in [2.45, 2.75) is 26.4 Å². The third kappa shape index (κ3) is 3.53. The minimum absolute atomic E-state index is 0.159. The lowest BCUT2D eigenvalue weighted by Crippen LogP contribution is -2.17. The second kappa shape index (κ2) is 7.12. The summed E-state index contributed by atoms with van der Waals surface area (Å²) in [7, 11) is 0. The van der Waals surface area contributed by atoms with Gasteiger partial charge in [0.15, 0.2) is 0 Å². The van der Waals surface area contributed by atoms with Crippen molar-refractivity contribution in [1.29, 1.82) is 0 Å². The first-order chi connectivity index (χ1) is 11.7. The van der Waals surface area contributed by atoms with Crippen LogP contribution < -0.4 is 14.9 Å². The first-order valence-corrected chi connectivity index (χ1v) is 7.87. The molecule has 2 aromatic rings. The summed E-state index contributed by atoms with van der Waals surface area (Å²) >= 11 is 0. The number of benzene rings is 1. The third-order valence-electron chi connectivity index (χ3n) is 3.62. The van der Waals surface area contributed by atoms with Crippen molar-refractivity contribution in [2.24, 2.45) is 5.10 Å². The molecule has 0 fully saturated rings. The van der Waals surface area contributed by atoms with Crippen molar-refractivity contribution in [3.63, 3.8) is 0 Å². The highest BCUT2D eigenvalue weighted by Crippen LogP contribution is 2.34. The van der Waals surface area contributed by atoms with Crippen molar-refractivity contribution in [3.05, 3.63) is 53.3 Å². The van der Waals surface area contributed by atoms with E-state index in [0.29, 0.717) is 12.2 Å². The largest absolute Gasteiger partial charge is 0.493 e. The monoisotopic (exact) mass is 325 g/mol. The number of hydrogen-bond acceptors (Lipinski definition) is 5. The van der Waals surface area contributed by atoms with E-state index in [9.17, 15) is 4.79 Å². The van der Waals surface area contributed by atoms with Gasteiger partial charge in [-0.05, 0) is 38.1 Å². The number of carbonyl (C=O) groups is 1. The topological polar surface area (TPSA) is 72.8 Å². The summed E-state index contributed by atoms with van der Waals surface area (Å²) in [5, 5.41) is 4.02. The number of fused-ring (bicyclic) bond motifs is 1. The first-order valence-electron chi connectivity index (χ1n) is 7.87. The Balaban J connectivity index is 1.76. The van der Waals surface area contributed by atoms with Gasteiger partial charge in [0.25, 0.3) is 5.91 Å². The minimum Gasteiger partial charge on any atom is -0.493 e. The molecule has 0 spiro atoms. The van der Waals surface area contributed by atoms with E-state index in [0.717, 1.165) is 29.0 Å². The molecule has 24 heavy (non-hydrogen) atoms. The number of rotatable bonds is 5. The number of hydrogen-bond donors (Lipinski definition) is 1. The van der Waals surface area contributed by atoms with E-state index in [1.165, 1.54) is 6.20 Å². The van der Waals surface area contributed by atoms with Crippen LogP contribution in [0.15, 0.2) is 41.8 Å². The summed E-state index contributed by atoms with van der Waals surface area (Å²) in [5.74, 6) is 1.25. The van der Waals surface area contributed by atoms with Gasteiger partial charge in [-0.15, -0.1) is 0 Å². The Morgan fingerprint density at radius 1 is 1.54 bits per heavy atom. The number of ether oxygens (including phenoxy) is 2. The van der Waals surface area contributed by atoms with Gasteiger partial charge in [-0.2, -0.15) is 5.10 Å². The SMILES string of the molecule is CCOc1cc2c(cc1/C=N\NC(=O)c1cccnc1)O[C@H](C)C2. The molecule has 1 amide bonds. The van der Waals surface area contributed by atoms with Crippen LogP contribution in [0.25, 0.3) is 0 Å². The van der Waals surface area contributed by atoms with Crippen LogP contribution >= 0.6 is 0 Å². The lowest BCUT2D eigenvalue weighted by Gasteiger charge is -2.09. The fourth-order valence-corrected chi connectivity index (χ4v) is 2.56. The van der Waals surface area contributed by atoms with Crippen LogP contribution in [-0.2, 0) is 6.42 Å². The van der Waals surface area contributed by atoms with Gasteiger partial charge in [-0.1, -0.05) is 0 Å². The predicted octanol–water partition coefficient (Wildman–Crippen LogP) is 2.57. The van der Waals surface area contributed by atoms with Crippen molar-refractivity contribution in [1.82, 2.24) is 10.4 Å². The summed E-state index contributed by atoms with van der Waals surface area (Å²) in [5.41, 5.74) is 4.82. The lowest BCUT2D eigenvalue weighted by atomic mass is 10.1. The molecule has 1 aromatic heterocycles. The van der Waals surface area contributed by atoms with Crippen molar-refractivity contribution in [2.75, 3.05) is 6.61 Å². The van der Waals surface area contributed by atoms with Gasteiger partial charge < -0.3 is 9.47 Å². The molecule has 0 saturated heterocycles. The maximum atomic E-state index is 12.0. The highest BCUT2D eigenvalue weighted by molar-refractivity contribution is 5.94. The predicted molar refractivity (Wildman–Crippen MR) is 90.7 cm³/mol. The lowest BCUT2D eigenvalue weighted by molar-refractivity contribution is 0.0954. The smallest absolute Gasteiger partial charge is 0.272 e. The molecule has 0 bridgehead atoms. The van der Waals surface area contributed by atoms with Crippen LogP contribution in [0.2, 0.25) is 0 Å². The zero-order chi connectivity index (χ0) is 16.9. The molecule has 0 saturated carbocycles. The Hall–Kier alpha value is -2.89. The normalized spacial score (nSPS) is 15.8. The van der Waals surface area contributed by atoms with Crippen molar-refractivity contribution >= 4 is 12.1 Å². The van der Waals surface area contributed by atoms with E-state index in [4.69, 9.17) is 9.47 Å². The molecular weight excluding hydrogens is 306 g/mol. The molecule has 6 heteroatoms. The van der Waals surface area contributed by atoms with E-state index in [1.807, 2.05) is 26.0 Å². The zero-order valence-electron chi connectivity index (χ0n) is 13.7. The molecule has 1 N–H and O–H groups in total. The van der Waals surface area contributed by atoms with Gasteiger partial charge in [0.05, 0.1) is 18.4 Å². The van der Waals surface area contributed by atoms with E-state index in [1.54, 1.807) is 24.5 Å². The highest BCUT2D eigenvalue weighted by Gasteiger charge is 2.21. The Bertz CT molecular complexity index is 760. The summed E-state index contributed by atoms with van der Waals surface area (Å²) in [6.45, 7) is 4.51. The van der Waals surface area contributed by atoms with Gasteiger partial charge in [0, 0.05) is 29.9 Å². The van der Waals surface area contributed by atoms with Crippen molar-refractivity contribution in [3.8, 4) is 11.5 Å². The number of aromatic nitrogens is 1. The summed E-state index contributed by atoms with van der Waals surface area (Å²) in [6, 6.07) is 7.25. The van der Waals surface area contributed by atoms with Gasteiger partial charge in [-0.25, -0.2) is 5.43 Å². The standard InChI is InChI=1S/C18H19N3O3/c1-3-23-16-8-14-7-12(2)24-17(14)9-15(16)11-20-21-18(22)13-5-4-6-19-10-13/h4-6,8-12H,3,7H2,1-2H3,(H,21,22)/b20-11-/t12-/m1/s1. The van der Waals surface area contributed by atoms with Crippen LogP contribution in [0.1, 0.15) is 35.3 Å². The van der Waals surface area contributed by atoms with Gasteiger partial charge in [0.2, 0.25) is 0 Å². The number of amides is 1. The number of hydrazone groups is 1. The molecule has 1 aliphatic heterocycles. The third-order valence-corrected chi connectivity index (χ3v) is 3.62. The van der Waals surface area contributed by atoms with Gasteiger partial charge >= 0.3 is 0 Å². The Kier molecular flexibility index (Phi) is 4.74. The number of nitrogens with zero attached hydrogens (tertiary/aromatic N) is 2. The van der Waals surface area contributed by atoms with Crippen molar-refractivity contribution < 1.29 is 14.3 Å². The average molecular weight is 325 g/mol. The quantitative estimate of drug-likeness (QED) is 0.677. The molecular formula is C18H19N3O3. The molecule has 0 radical (unpaired) electrons. The molecule has 2 heterocycles. The average Bonchev–Trinajstić information content (AvgIpc) is 2.95. The van der Waals surface area contributed by atoms with Gasteiger partial charge in [-0.3, -0.25) is 9.78 Å². The second-order valence-corrected chi connectivity index (χ2v) is 5.50. The Morgan fingerprint density at radius 3 is 3.17 bits per heavy atom. The molecule has 1 aromatic carbocycles. The van der Waals surface area contributed by atoms with Gasteiger partial charge in [0.1, 0.15) is 17.6 Å².